The molecule has 5 aliphatic carbocycles. The molecular weight excluding hydrogens is 326 g/mol. The highest BCUT2D eigenvalue weighted by Crippen LogP contribution is 2.73. The van der Waals surface area contributed by atoms with E-state index in [9.17, 15) is 24.6 Å². The lowest BCUT2D eigenvalue weighted by molar-refractivity contribution is -0.163. The third kappa shape index (κ3) is 1.77. The maximum atomic E-state index is 12.1. The van der Waals surface area contributed by atoms with Crippen molar-refractivity contribution in [1.82, 2.24) is 0 Å². The monoisotopic (exact) mass is 349 g/mol. The van der Waals surface area contributed by atoms with Crippen LogP contribution < -0.4 is 5.90 Å². The van der Waals surface area contributed by atoms with Gasteiger partial charge in [0.25, 0.3) is 0 Å². The van der Waals surface area contributed by atoms with Crippen LogP contribution in [0.5, 0.6) is 0 Å². The van der Waals surface area contributed by atoms with Crippen molar-refractivity contribution in [3.05, 3.63) is 0 Å². The zero-order chi connectivity index (χ0) is 17.6. The van der Waals surface area contributed by atoms with E-state index in [-0.39, 0.29) is 23.7 Å². The highest BCUT2D eigenvalue weighted by molar-refractivity contribution is 5.83. The molecule has 0 saturated heterocycles. The summed E-state index contributed by atoms with van der Waals surface area (Å²) in [6.07, 6.45) is 3.45. The molecule has 0 aliphatic heterocycles. The fourth-order valence-electron chi connectivity index (χ4n) is 8.28. The lowest BCUT2D eigenvalue weighted by Crippen LogP contribution is -2.44. The van der Waals surface area contributed by atoms with E-state index in [1.807, 2.05) is 0 Å². The van der Waals surface area contributed by atoms with Crippen molar-refractivity contribution in [3.8, 4) is 0 Å². The zero-order valence-electron chi connectivity index (χ0n) is 13.8. The van der Waals surface area contributed by atoms with Gasteiger partial charge >= 0.3 is 17.9 Å². The smallest absolute Gasteiger partial charge is 0.328 e. The Hall–Kier alpha value is -1.63. The number of fused-ring (bicyclic) bond motifs is 11. The van der Waals surface area contributed by atoms with Crippen molar-refractivity contribution >= 4 is 17.9 Å². The summed E-state index contributed by atoms with van der Waals surface area (Å²) in [6.45, 7) is 0. The molecular formula is C18H23NO6. The number of carboxylic acids is 2. The summed E-state index contributed by atoms with van der Waals surface area (Å²) in [5.41, 5.74) is 0. The lowest BCUT2D eigenvalue weighted by atomic mass is 9.65. The minimum absolute atomic E-state index is 0.00854. The lowest BCUT2D eigenvalue weighted by Gasteiger charge is -2.38. The first-order chi connectivity index (χ1) is 11.9. The molecule has 4 N–H and O–H groups in total. The minimum atomic E-state index is -0.920. The molecule has 0 aromatic heterocycles. The summed E-state index contributed by atoms with van der Waals surface area (Å²) in [4.78, 5) is 40.0. The second kappa shape index (κ2) is 4.96. The Kier molecular flexibility index (Phi) is 3.10. The average Bonchev–Trinajstić information content (AvgIpc) is 3.31. The van der Waals surface area contributed by atoms with Gasteiger partial charge in [0.15, 0.2) is 0 Å². The largest absolute Gasteiger partial charge is 0.481 e. The molecule has 0 aromatic carbocycles. The summed E-state index contributed by atoms with van der Waals surface area (Å²) in [7, 11) is 0. The fraction of sp³-hybridized carbons (Fsp3) is 0.833. The van der Waals surface area contributed by atoms with Gasteiger partial charge in [0.2, 0.25) is 0 Å². The molecule has 0 aromatic rings. The SMILES string of the molecule is NOC(=O)C1C2CC(C1C(=O)O)C1C2CC2C3CC(CC3C(=O)O)C21. The molecule has 0 radical (unpaired) electrons. The van der Waals surface area contributed by atoms with E-state index in [2.05, 4.69) is 4.84 Å². The van der Waals surface area contributed by atoms with Crippen LogP contribution in [0, 0.1) is 65.1 Å². The Morgan fingerprint density at radius 1 is 0.760 bits per heavy atom. The second-order valence-electron chi connectivity index (χ2n) is 8.95. The van der Waals surface area contributed by atoms with E-state index in [4.69, 9.17) is 5.90 Å². The predicted octanol–water partition coefficient (Wildman–Crippen LogP) is 0.979. The van der Waals surface area contributed by atoms with Crippen LogP contribution >= 0.6 is 0 Å². The highest BCUT2D eigenvalue weighted by Gasteiger charge is 2.71. The summed E-state index contributed by atoms with van der Waals surface area (Å²) >= 11 is 0. The minimum Gasteiger partial charge on any atom is -0.481 e. The van der Waals surface area contributed by atoms with Gasteiger partial charge in [0, 0.05) is 0 Å². The molecule has 5 rings (SSSR count). The Morgan fingerprint density at radius 2 is 1.44 bits per heavy atom. The van der Waals surface area contributed by atoms with Crippen molar-refractivity contribution in [1.29, 1.82) is 0 Å². The van der Waals surface area contributed by atoms with E-state index in [0.717, 1.165) is 25.7 Å². The first kappa shape index (κ1) is 15.6. The van der Waals surface area contributed by atoms with Crippen molar-refractivity contribution in [2.45, 2.75) is 25.7 Å². The maximum Gasteiger partial charge on any atom is 0.328 e. The van der Waals surface area contributed by atoms with Crippen LogP contribution in [-0.2, 0) is 19.2 Å². The van der Waals surface area contributed by atoms with E-state index >= 15 is 0 Å². The summed E-state index contributed by atoms with van der Waals surface area (Å²) < 4.78 is 0. The molecule has 0 amide bonds. The van der Waals surface area contributed by atoms with Crippen molar-refractivity contribution in [3.63, 3.8) is 0 Å². The molecule has 11 atom stereocenters. The summed E-state index contributed by atoms with van der Waals surface area (Å²) in [6, 6.07) is 0. The number of carboxylic acid groups (broad SMARTS) is 2. The third-order valence-electron chi connectivity index (χ3n) is 8.61. The van der Waals surface area contributed by atoms with Crippen LogP contribution in [0.15, 0.2) is 0 Å². The van der Waals surface area contributed by atoms with Gasteiger partial charge in [-0.3, -0.25) is 14.4 Å². The van der Waals surface area contributed by atoms with E-state index in [1.165, 1.54) is 0 Å². The molecule has 4 bridgehead atoms. The number of nitrogens with two attached hydrogens (primary N) is 1. The van der Waals surface area contributed by atoms with E-state index < -0.39 is 29.7 Å². The normalized spacial score (nSPS) is 54.4. The third-order valence-corrected chi connectivity index (χ3v) is 8.61. The number of rotatable bonds is 3. The van der Waals surface area contributed by atoms with Gasteiger partial charge < -0.3 is 15.1 Å². The molecule has 5 aliphatic rings. The maximum absolute atomic E-state index is 12.1. The van der Waals surface area contributed by atoms with Gasteiger partial charge in [-0.2, -0.15) is 5.90 Å². The van der Waals surface area contributed by atoms with Crippen molar-refractivity contribution in [2.75, 3.05) is 0 Å². The second-order valence-corrected chi connectivity index (χ2v) is 8.95. The Balaban J connectivity index is 1.47. The molecule has 136 valence electrons. The topological polar surface area (TPSA) is 127 Å². The number of hydrogen-bond acceptors (Lipinski definition) is 5. The van der Waals surface area contributed by atoms with Gasteiger partial charge in [-0.05, 0) is 73.0 Å². The molecule has 11 unspecified atom stereocenters. The summed E-state index contributed by atoms with van der Waals surface area (Å²) in [5.74, 6) is 3.51. The molecule has 7 nitrogen and oxygen atoms in total. The van der Waals surface area contributed by atoms with Gasteiger partial charge in [-0.25, -0.2) is 0 Å². The molecule has 25 heavy (non-hydrogen) atoms. The number of carbonyl (C=O) groups is 3. The number of aliphatic carboxylic acids is 2. The Morgan fingerprint density at radius 3 is 2.08 bits per heavy atom. The molecule has 5 fully saturated rings. The fourth-order valence-corrected chi connectivity index (χ4v) is 8.28. The van der Waals surface area contributed by atoms with Gasteiger partial charge in [0.1, 0.15) is 0 Å². The van der Waals surface area contributed by atoms with Gasteiger partial charge in [0.05, 0.1) is 17.8 Å². The Labute approximate surface area is 144 Å². The van der Waals surface area contributed by atoms with Crippen LogP contribution in [-0.4, -0.2) is 28.1 Å². The number of carbonyl (C=O) groups excluding carboxylic acids is 1. The van der Waals surface area contributed by atoms with Crippen LogP contribution in [0.1, 0.15) is 25.7 Å². The van der Waals surface area contributed by atoms with Crippen LogP contribution in [0.2, 0.25) is 0 Å². The van der Waals surface area contributed by atoms with Crippen LogP contribution in [0.25, 0.3) is 0 Å². The van der Waals surface area contributed by atoms with Gasteiger partial charge in [-0.1, -0.05) is 0 Å². The standard InChI is InChI=1S/C18H23NO6/c19-25-18(24)15-9-4-11(14(15)17(22)23)13-8(9)3-7-6-1-5(12(7)13)2-10(6)16(20)21/h5-15H,1-4,19H2,(H,20,21)(H,22,23). The quantitative estimate of drug-likeness (QED) is 0.648. The zero-order valence-corrected chi connectivity index (χ0v) is 13.8. The first-order valence-corrected chi connectivity index (χ1v) is 9.30. The van der Waals surface area contributed by atoms with Crippen molar-refractivity contribution < 1.29 is 29.4 Å². The van der Waals surface area contributed by atoms with E-state index in [0.29, 0.717) is 29.6 Å². The first-order valence-electron chi connectivity index (χ1n) is 9.30. The predicted molar refractivity (Wildman–Crippen MR) is 82.4 cm³/mol. The van der Waals surface area contributed by atoms with Gasteiger partial charge in [-0.15, -0.1) is 0 Å². The Bertz CT molecular complexity index is 664. The highest BCUT2D eigenvalue weighted by atomic mass is 16.7. The summed E-state index contributed by atoms with van der Waals surface area (Å²) in [5, 5.41) is 19.2. The molecule has 7 heteroatoms. The molecule has 5 saturated carbocycles. The van der Waals surface area contributed by atoms with E-state index in [1.54, 1.807) is 0 Å². The molecule has 0 heterocycles. The average molecular weight is 349 g/mol. The van der Waals surface area contributed by atoms with Crippen molar-refractivity contribution in [2.24, 2.45) is 71.0 Å². The molecule has 0 spiro atoms. The van der Waals surface area contributed by atoms with Crippen LogP contribution in [0.4, 0.5) is 0 Å². The number of hydrogen-bond donors (Lipinski definition) is 3. The van der Waals surface area contributed by atoms with Crippen LogP contribution in [0.3, 0.4) is 0 Å².